The number of aromatic nitrogens is 2. The quantitative estimate of drug-likeness (QED) is 0.903. The predicted molar refractivity (Wildman–Crippen MR) is 78.7 cm³/mol. The van der Waals surface area contributed by atoms with Gasteiger partial charge in [-0.25, -0.2) is 9.59 Å². The van der Waals surface area contributed by atoms with Gasteiger partial charge in [0, 0.05) is 19.8 Å². The number of carboxylic acid groups (broad SMARTS) is 1. The van der Waals surface area contributed by atoms with E-state index in [-0.39, 0.29) is 5.56 Å². The first-order valence-corrected chi connectivity index (χ1v) is 6.42. The van der Waals surface area contributed by atoms with Crippen LogP contribution in [0.5, 0.6) is 0 Å². The van der Waals surface area contributed by atoms with Crippen LogP contribution in [0.25, 0.3) is 0 Å². The summed E-state index contributed by atoms with van der Waals surface area (Å²) in [6, 6.07) is 5.90. The minimum absolute atomic E-state index is 0.0689. The number of para-hydroxylation sites is 1. The van der Waals surface area contributed by atoms with Crippen LogP contribution in [0.2, 0.25) is 0 Å². The topological polar surface area (TPSA) is 87.5 Å². The van der Waals surface area contributed by atoms with E-state index in [9.17, 15) is 9.59 Å². The molecule has 7 nitrogen and oxygen atoms in total. The smallest absolute Gasteiger partial charge is 0.337 e. The van der Waals surface area contributed by atoms with Gasteiger partial charge in [0.05, 0.1) is 23.1 Å². The molecule has 0 aliphatic heterocycles. The fourth-order valence-electron chi connectivity index (χ4n) is 1.86. The summed E-state index contributed by atoms with van der Waals surface area (Å²) in [6.07, 6.45) is 3.24. The van der Waals surface area contributed by atoms with Crippen molar-refractivity contribution in [2.45, 2.75) is 13.5 Å². The molecule has 1 aromatic carbocycles. The van der Waals surface area contributed by atoms with E-state index in [4.69, 9.17) is 5.11 Å². The third-order valence-corrected chi connectivity index (χ3v) is 3.01. The Hall–Kier alpha value is -2.83. The van der Waals surface area contributed by atoms with Gasteiger partial charge in [-0.05, 0) is 19.1 Å². The highest BCUT2D eigenvalue weighted by Gasteiger charge is 2.18. The Balaban J connectivity index is 2.17. The molecule has 0 saturated heterocycles. The molecule has 0 bridgehead atoms. The van der Waals surface area contributed by atoms with Crippen molar-refractivity contribution in [3.63, 3.8) is 0 Å². The van der Waals surface area contributed by atoms with Crippen LogP contribution in [0, 0.1) is 0 Å². The van der Waals surface area contributed by atoms with Gasteiger partial charge in [0.15, 0.2) is 0 Å². The maximum absolute atomic E-state index is 12.2. The van der Waals surface area contributed by atoms with Crippen LogP contribution in [0.4, 0.5) is 16.2 Å². The third-order valence-electron chi connectivity index (χ3n) is 3.01. The minimum Gasteiger partial charge on any atom is -0.478 e. The van der Waals surface area contributed by atoms with Crippen molar-refractivity contribution in [2.75, 3.05) is 17.3 Å². The number of carboxylic acids is 1. The van der Waals surface area contributed by atoms with Gasteiger partial charge in [0.2, 0.25) is 0 Å². The number of amides is 2. The molecule has 0 aliphatic carbocycles. The van der Waals surface area contributed by atoms with Crippen molar-refractivity contribution in [1.82, 2.24) is 9.78 Å². The van der Waals surface area contributed by atoms with E-state index in [1.165, 1.54) is 18.0 Å². The molecular weight excluding hydrogens is 272 g/mol. The molecule has 0 saturated carbocycles. The first-order chi connectivity index (χ1) is 10.0. The lowest BCUT2D eigenvalue weighted by molar-refractivity contribution is 0.0697. The number of anilines is 2. The highest BCUT2D eigenvalue weighted by molar-refractivity contribution is 6.05. The van der Waals surface area contributed by atoms with Crippen molar-refractivity contribution in [2.24, 2.45) is 0 Å². The molecule has 110 valence electrons. The molecule has 0 spiro atoms. The van der Waals surface area contributed by atoms with E-state index in [0.29, 0.717) is 17.9 Å². The van der Waals surface area contributed by atoms with E-state index >= 15 is 0 Å². The Morgan fingerprint density at radius 2 is 2.10 bits per heavy atom. The highest BCUT2D eigenvalue weighted by Crippen LogP contribution is 2.20. The number of nitrogens with zero attached hydrogens (tertiary/aromatic N) is 3. The number of carbonyl (C=O) groups is 2. The predicted octanol–water partition coefficient (Wildman–Crippen LogP) is 2.27. The highest BCUT2D eigenvalue weighted by atomic mass is 16.4. The lowest BCUT2D eigenvalue weighted by Crippen LogP contribution is -2.32. The molecule has 0 fully saturated rings. The molecular formula is C14H16N4O3. The van der Waals surface area contributed by atoms with E-state index in [1.54, 1.807) is 35.3 Å². The molecule has 1 aromatic heterocycles. The van der Waals surface area contributed by atoms with Crippen LogP contribution >= 0.6 is 0 Å². The fourth-order valence-corrected chi connectivity index (χ4v) is 1.86. The molecule has 7 heteroatoms. The van der Waals surface area contributed by atoms with Crippen LogP contribution in [0.15, 0.2) is 36.7 Å². The van der Waals surface area contributed by atoms with Crippen molar-refractivity contribution >= 4 is 23.4 Å². The second kappa shape index (κ2) is 6.08. The lowest BCUT2D eigenvalue weighted by atomic mass is 10.1. The summed E-state index contributed by atoms with van der Waals surface area (Å²) in [5.41, 5.74) is 0.950. The van der Waals surface area contributed by atoms with Crippen LogP contribution in [-0.4, -0.2) is 33.9 Å². The Morgan fingerprint density at radius 1 is 1.38 bits per heavy atom. The van der Waals surface area contributed by atoms with E-state index in [0.717, 1.165) is 0 Å². The molecule has 2 rings (SSSR count). The number of carbonyl (C=O) groups excluding carboxylic acids is 1. The largest absolute Gasteiger partial charge is 0.478 e. The van der Waals surface area contributed by atoms with Gasteiger partial charge in [0.1, 0.15) is 0 Å². The van der Waals surface area contributed by atoms with Gasteiger partial charge < -0.3 is 10.4 Å². The Morgan fingerprint density at radius 3 is 2.71 bits per heavy atom. The Bertz CT molecular complexity index is 666. The van der Waals surface area contributed by atoms with E-state index in [2.05, 4.69) is 10.4 Å². The van der Waals surface area contributed by atoms with Crippen molar-refractivity contribution < 1.29 is 14.7 Å². The molecule has 1 heterocycles. The van der Waals surface area contributed by atoms with E-state index in [1.807, 2.05) is 6.92 Å². The van der Waals surface area contributed by atoms with Gasteiger partial charge in [-0.3, -0.25) is 9.58 Å². The zero-order chi connectivity index (χ0) is 15.4. The molecule has 0 unspecified atom stereocenters. The van der Waals surface area contributed by atoms with Crippen LogP contribution in [0.3, 0.4) is 0 Å². The SMILES string of the molecule is CCn1cc(NC(=O)N(C)c2ccccc2C(=O)O)cn1. The van der Waals surface area contributed by atoms with Gasteiger partial charge in [-0.15, -0.1) is 0 Å². The maximum Gasteiger partial charge on any atom is 0.337 e. The molecule has 0 aliphatic rings. The summed E-state index contributed by atoms with van der Waals surface area (Å²) in [5.74, 6) is -1.08. The maximum atomic E-state index is 12.2. The summed E-state index contributed by atoms with van der Waals surface area (Å²) in [5, 5.41) is 15.9. The average molecular weight is 288 g/mol. The van der Waals surface area contributed by atoms with Crippen LogP contribution in [0.1, 0.15) is 17.3 Å². The zero-order valence-corrected chi connectivity index (χ0v) is 11.8. The summed E-state index contributed by atoms with van der Waals surface area (Å²) in [7, 11) is 1.52. The van der Waals surface area contributed by atoms with Crippen LogP contribution < -0.4 is 10.2 Å². The number of benzene rings is 1. The number of aromatic carboxylic acids is 1. The monoisotopic (exact) mass is 288 g/mol. The number of urea groups is 1. The second-order valence-electron chi connectivity index (χ2n) is 4.40. The van der Waals surface area contributed by atoms with Crippen LogP contribution in [-0.2, 0) is 6.54 Å². The Labute approximate surface area is 121 Å². The molecule has 0 radical (unpaired) electrons. The Kier molecular flexibility index (Phi) is 4.22. The normalized spacial score (nSPS) is 10.2. The number of aryl methyl sites for hydroxylation is 1. The standard InChI is InChI=1S/C14H16N4O3/c1-3-18-9-10(8-15-18)16-14(21)17(2)12-7-5-4-6-11(12)13(19)20/h4-9H,3H2,1-2H3,(H,16,21)(H,19,20). The summed E-state index contributed by atoms with van der Waals surface area (Å²) < 4.78 is 1.68. The lowest BCUT2D eigenvalue weighted by Gasteiger charge is -2.19. The average Bonchev–Trinajstić information content (AvgIpc) is 2.94. The third kappa shape index (κ3) is 3.19. The number of hydrogen-bond acceptors (Lipinski definition) is 3. The van der Waals surface area contributed by atoms with Crippen molar-refractivity contribution in [1.29, 1.82) is 0 Å². The molecule has 2 aromatic rings. The second-order valence-corrected chi connectivity index (χ2v) is 4.40. The van der Waals surface area contributed by atoms with Crippen molar-refractivity contribution in [3.8, 4) is 0 Å². The summed E-state index contributed by atoms with van der Waals surface area (Å²) in [6.45, 7) is 2.64. The molecule has 0 atom stereocenters. The van der Waals surface area contributed by atoms with Gasteiger partial charge >= 0.3 is 12.0 Å². The molecule has 21 heavy (non-hydrogen) atoms. The van der Waals surface area contributed by atoms with Gasteiger partial charge in [-0.2, -0.15) is 5.10 Å². The summed E-state index contributed by atoms with van der Waals surface area (Å²) in [4.78, 5) is 24.6. The number of hydrogen-bond donors (Lipinski definition) is 2. The van der Waals surface area contributed by atoms with Crippen molar-refractivity contribution in [3.05, 3.63) is 42.2 Å². The zero-order valence-electron chi connectivity index (χ0n) is 11.8. The van der Waals surface area contributed by atoms with Gasteiger partial charge in [0.25, 0.3) is 0 Å². The first kappa shape index (κ1) is 14.6. The van der Waals surface area contributed by atoms with E-state index < -0.39 is 12.0 Å². The first-order valence-electron chi connectivity index (χ1n) is 6.42. The number of rotatable bonds is 4. The fraction of sp³-hybridized carbons (Fsp3) is 0.214. The minimum atomic E-state index is -1.08. The summed E-state index contributed by atoms with van der Waals surface area (Å²) >= 11 is 0. The molecule has 2 N–H and O–H groups in total. The van der Waals surface area contributed by atoms with Gasteiger partial charge in [-0.1, -0.05) is 12.1 Å². The number of nitrogens with one attached hydrogen (secondary N) is 1. The molecule has 2 amide bonds.